The lowest BCUT2D eigenvalue weighted by Gasteiger charge is -2.21. The Bertz CT molecular complexity index is 303. The highest BCUT2D eigenvalue weighted by atomic mass is 32.2. The third kappa shape index (κ3) is 3.81. The average Bonchev–Trinajstić information content (AvgIpc) is 2.70. The third-order valence-corrected chi connectivity index (χ3v) is 3.36. The topological polar surface area (TPSA) is 60.9 Å². The van der Waals surface area contributed by atoms with E-state index in [9.17, 15) is 5.11 Å². The molecule has 0 aliphatic rings. The molecule has 2 atom stereocenters. The van der Waals surface area contributed by atoms with Crippen LogP contribution in [0.15, 0.2) is 6.20 Å². The van der Waals surface area contributed by atoms with E-state index in [1.807, 2.05) is 13.1 Å². The molecular formula is C11H21N3OS. The van der Waals surface area contributed by atoms with Gasteiger partial charge in [-0.3, -0.25) is 5.10 Å². The first-order valence-electron chi connectivity index (χ1n) is 5.54. The average molecular weight is 243 g/mol. The van der Waals surface area contributed by atoms with E-state index in [-0.39, 0.29) is 18.7 Å². The number of thioether (sulfide) groups is 1. The SMILES string of the molecule is CSCCC(CO)NC(C)c1cn[nH]c1C. The Morgan fingerprint density at radius 2 is 2.38 bits per heavy atom. The molecule has 0 aliphatic carbocycles. The van der Waals surface area contributed by atoms with Gasteiger partial charge in [-0.1, -0.05) is 0 Å². The van der Waals surface area contributed by atoms with Crippen molar-refractivity contribution in [1.82, 2.24) is 15.5 Å². The molecule has 5 heteroatoms. The summed E-state index contributed by atoms with van der Waals surface area (Å²) in [4.78, 5) is 0. The lowest BCUT2D eigenvalue weighted by atomic mass is 10.1. The van der Waals surface area contributed by atoms with E-state index in [1.165, 1.54) is 5.56 Å². The summed E-state index contributed by atoms with van der Waals surface area (Å²) < 4.78 is 0. The number of aromatic nitrogens is 2. The van der Waals surface area contributed by atoms with Crippen molar-refractivity contribution in [2.24, 2.45) is 0 Å². The Morgan fingerprint density at radius 1 is 1.62 bits per heavy atom. The molecule has 1 aromatic rings. The fourth-order valence-corrected chi connectivity index (χ4v) is 2.25. The van der Waals surface area contributed by atoms with Gasteiger partial charge in [-0.2, -0.15) is 16.9 Å². The number of H-pyrrole nitrogens is 1. The Balaban J connectivity index is 2.48. The van der Waals surface area contributed by atoms with Crippen LogP contribution in [-0.2, 0) is 0 Å². The molecule has 16 heavy (non-hydrogen) atoms. The molecule has 0 fully saturated rings. The molecule has 0 radical (unpaired) electrons. The lowest BCUT2D eigenvalue weighted by molar-refractivity contribution is 0.231. The molecule has 1 rings (SSSR count). The van der Waals surface area contributed by atoms with Crippen LogP contribution in [0.5, 0.6) is 0 Å². The quantitative estimate of drug-likeness (QED) is 0.679. The van der Waals surface area contributed by atoms with E-state index in [4.69, 9.17) is 0 Å². The minimum Gasteiger partial charge on any atom is -0.395 e. The van der Waals surface area contributed by atoms with Crippen LogP contribution in [0.1, 0.15) is 30.6 Å². The zero-order chi connectivity index (χ0) is 12.0. The van der Waals surface area contributed by atoms with Crippen LogP contribution in [0, 0.1) is 6.92 Å². The van der Waals surface area contributed by atoms with Gasteiger partial charge >= 0.3 is 0 Å². The fourth-order valence-electron chi connectivity index (χ4n) is 1.73. The summed E-state index contributed by atoms with van der Waals surface area (Å²) in [6, 6.07) is 0.384. The maximum absolute atomic E-state index is 9.27. The number of aromatic amines is 1. The van der Waals surface area contributed by atoms with Crippen LogP contribution in [0.4, 0.5) is 0 Å². The molecule has 0 saturated carbocycles. The van der Waals surface area contributed by atoms with E-state index in [2.05, 4.69) is 28.7 Å². The van der Waals surface area contributed by atoms with Crippen molar-refractivity contribution >= 4 is 11.8 Å². The summed E-state index contributed by atoms with van der Waals surface area (Å²) >= 11 is 1.80. The number of aliphatic hydroxyl groups is 1. The summed E-state index contributed by atoms with van der Waals surface area (Å²) in [6.45, 7) is 4.29. The van der Waals surface area contributed by atoms with E-state index in [1.54, 1.807) is 11.8 Å². The van der Waals surface area contributed by atoms with Crippen LogP contribution in [0.3, 0.4) is 0 Å². The van der Waals surface area contributed by atoms with E-state index < -0.39 is 0 Å². The Morgan fingerprint density at radius 3 is 2.88 bits per heavy atom. The number of nitrogens with zero attached hydrogens (tertiary/aromatic N) is 1. The standard InChI is InChI=1S/C11H21N3OS/c1-8(11-6-12-14-9(11)2)13-10(7-15)4-5-16-3/h6,8,10,13,15H,4-5,7H2,1-3H3,(H,12,14). The second-order valence-corrected chi connectivity index (χ2v) is 4.99. The van der Waals surface area contributed by atoms with Gasteiger partial charge in [0.1, 0.15) is 0 Å². The van der Waals surface area contributed by atoms with Gasteiger partial charge < -0.3 is 10.4 Å². The molecule has 4 nitrogen and oxygen atoms in total. The van der Waals surface area contributed by atoms with Crippen molar-refractivity contribution in [3.05, 3.63) is 17.5 Å². The highest BCUT2D eigenvalue weighted by Gasteiger charge is 2.14. The van der Waals surface area contributed by atoms with Crippen LogP contribution in [0.2, 0.25) is 0 Å². The number of hydrogen-bond donors (Lipinski definition) is 3. The number of aliphatic hydroxyl groups excluding tert-OH is 1. The van der Waals surface area contributed by atoms with Crippen LogP contribution >= 0.6 is 11.8 Å². The van der Waals surface area contributed by atoms with Gasteiger partial charge in [-0.05, 0) is 32.3 Å². The monoisotopic (exact) mass is 243 g/mol. The molecule has 0 bridgehead atoms. The van der Waals surface area contributed by atoms with Crippen LogP contribution in [-0.4, -0.2) is 40.0 Å². The molecular weight excluding hydrogens is 222 g/mol. The summed E-state index contributed by atoms with van der Waals surface area (Å²) in [7, 11) is 0. The summed E-state index contributed by atoms with van der Waals surface area (Å²) in [5.74, 6) is 1.06. The van der Waals surface area contributed by atoms with Crippen LogP contribution in [0.25, 0.3) is 0 Å². The molecule has 0 aromatic carbocycles. The number of rotatable bonds is 7. The van der Waals surface area contributed by atoms with Crippen molar-refractivity contribution in [3.63, 3.8) is 0 Å². The Kier molecular flexibility index (Phi) is 5.87. The molecule has 1 aromatic heterocycles. The number of nitrogens with one attached hydrogen (secondary N) is 2. The first-order valence-corrected chi connectivity index (χ1v) is 6.94. The Hall–Kier alpha value is -0.520. The number of aryl methyl sites for hydroxylation is 1. The largest absolute Gasteiger partial charge is 0.395 e. The number of hydrogen-bond acceptors (Lipinski definition) is 4. The van der Waals surface area contributed by atoms with Crippen molar-refractivity contribution < 1.29 is 5.11 Å². The molecule has 92 valence electrons. The molecule has 0 aliphatic heterocycles. The smallest absolute Gasteiger partial charge is 0.0585 e. The van der Waals surface area contributed by atoms with E-state index in [0.29, 0.717) is 0 Å². The van der Waals surface area contributed by atoms with Gasteiger partial charge in [-0.15, -0.1) is 0 Å². The minimum atomic E-state index is 0.164. The van der Waals surface area contributed by atoms with Crippen molar-refractivity contribution in [2.45, 2.75) is 32.4 Å². The Labute approximate surface area is 101 Å². The summed E-state index contributed by atoms with van der Waals surface area (Å²) in [5.41, 5.74) is 2.25. The van der Waals surface area contributed by atoms with E-state index in [0.717, 1.165) is 17.9 Å². The highest BCUT2D eigenvalue weighted by Crippen LogP contribution is 2.15. The minimum absolute atomic E-state index is 0.164. The molecule has 0 amide bonds. The first kappa shape index (κ1) is 13.5. The summed E-state index contributed by atoms with van der Waals surface area (Å²) in [6.07, 6.45) is 4.91. The van der Waals surface area contributed by atoms with Crippen molar-refractivity contribution in [3.8, 4) is 0 Å². The maximum atomic E-state index is 9.27. The zero-order valence-electron chi connectivity index (χ0n) is 10.2. The summed E-state index contributed by atoms with van der Waals surface area (Å²) in [5, 5.41) is 19.6. The fraction of sp³-hybridized carbons (Fsp3) is 0.727. The predicted molar refractivity (Wildman–Crippen MR) is 68.7 cm³/mol. The van der Waals surface area contributed by atoms with Gasteiger partial charge in [-0.25, -0.2) is 0 Å². The van der Waals surface area contributed by atoms with Gasteiger partial charge in [0.15, 0.2) is 0 Å². The van der Waals surface area contributed by atoms with Gasteiger partial charge in [0.25, 0.3) is 0 Å². The lowest BCUT2D eigenvalue weighted by Crippen LogP contribution is -2.35. The van der Waals surface area contributed by atoms with Gasteiger partial charge in [0.05, 0.1) is 12.8 Å². The molecule has 1 heterocycles. The predicted octanol–water partition coefficient (Wildman–Crippen LogP) is 1.48. The normalized spacial score (nSPS) is 15.0. The second-order valence-electron chi connectivity index (χ2n) is 4.00. The molecule has 0 saturated heterocycles. The van der Waals surface area contributed by atoms with Crippen molar-refractivity contribution in [1.29, 1.82) is 0 Å². The second kappa shape index (κ2) is 6.93. The first-order chi connectivity index (χ1) is 7.69. The molecule has 3 N–H and O–H groups in total. The van der Waals surface area contributed by atoms with Crippen LogP contribution < -0.4 is 5.32 Å². The van der Waals surface area contributed by atoms with Crippen molar-refractivity contribution in [2.75, 3.05) is 18.6 Å². The van der Waals surface area contributed by atoms with Gasteiger partial charge in [0, 0.05) is 23.3 Å². The molecule has 2 unspecified atom stereocenters. The zero-order valence-corrected chi connectivity index (χ0v) is 11.0. The van der Waals surface area contributed by atoms with E-state index >= 15 is 0 Å². The highest BCUT2D eigenvalue weighted by molar-refractivity contribution is 7.98. The maximum Gasteiger partial charge on any atom is 0.0585 e. The third-order valence-electron chi connectivity index (χ3n) is 2.71. The van der Waals surface area contributed by atoms with Gasteiger partial charge in [0.2, 0.25) is 0 Å². The molecule has 0 spiro atoms.